The van der Waals surface area contributed by atoms with Crippen molar-refractivity contribution in [2.45, 2.75) is 53.2 Å². The van der Waals surface area contributed by atoms with Gasteiger partial charge in [0.25, 0.3) is 0 Å². The highest BCUT2D eigenvalue weighted by Gasteiger charge is 2.47. The molecule has 0 aromatic heterocycles. The van der Waals surface area contributed by atoms with Crippen molar-refractivity contribution in [3.8, 4) is 0 Å². The number of carboxylic acids is 1. The van der Waals surface area contributed by atoms with E-state index in [0.717, 1.165) is 11.8 Å². The van der Waals surface area contributed by atoms with Crippen LogP contribution in [0.4, 0.5) is 4.79 Å². The average Bonchev–Trinajstić information content (AvgIpc) is 2.77. The second kappa shape index (κ2) is 13.4. The van der Waals surface area contributed by atoms with E-state index >= 15 is 0 Å². The van der Waals surface area contributed by atoms with Gasteiger partial charge in [-0.1, -0.05) is 53.0 Å². The van der Waals surface area contributed by atoms with Gasteiger partial charge in [-0.3, -0.25) is 18.6 Å². The van der Waals surface area contributed by atoms with Crippen LogP contribution in [0.3, 0.4) is 0 Å². The van der Waals surface area contributed by atoms with Crippen LogP contribution in [0.25, 0.3) is 0 Å². The van der Waals surface area contributed by atoms with Crippen molar-refractivity contribution >= 4 is 42.7 Å². The molecule has 1 aliphatic rings. The molecule has 0 radical (unpaired) electrons. The Hall–Kier alpha value is -2.12. The number of rotatable bonds is 12. The van der Waals surface area contributed by atoms with Crippen LogP contribution in [0, 0.1) is 10.8 Å². The lowest BCUT2D eigenvalue weighted by Crippen LogP contribution is -2.44. The molecule has 15 heteroatoms. The normalized spacial score (nSPS) is 22.1. The highest BCUT2D eigenvalue weighted by atomic mass is 32.2. The van der Waals surface area contributed by atoms with E-state index in [1.807, 2.05) is 0 Å². The number of methoxy groups -OCH3 is 1. The van der Waals surface area contributed by atoms with E-state index in [0.29, 0.717) is 5.70 Å². The molecule has 1 fully saturated rings. The smallest absolute Gasteiger partial charge is 0.478 e. The third-order valence-electron chi connectivity index (χ3n) is 4.75. The van der Waals surface area contributed by atoms with Crippen LogP contribution < -0.4 is 10.6 Å². The van der Waals surface area contributed by atoms with E-state index in [1.54, 1.807) is 34.6 Å². The Labute approximate surface area is 214 Å². The number of carboxylic acid groups (broad SMARTS) is 1. The number of ether oxygens (including phenoxy) is 2. The summed E-state index contributed by atoms with van der Waals surface area (Å²) < 4.78 is 38.0. The summed E-state index contributed by atoms with van der Waals surface area (Å²) in [6, 6.07) is -1.41. The van der Waals surface area contributed by atoms with Gasteiger partial charge in [-0.05, 0) is 0 Å². The number of hydrogen-bond acceptors (Lipinski definition) is 12. The third kappa shape index (κ3) is 10.5. The molecule has 0 bridgehead atoms. The van der Waals surface area contributed by atoms with Gasteiger partial charge >= 0.3 is 25.9 Å². The molecule has 0 spiro atoms. The second-order valence-electron chi connectivity index (χ2n) is 9.54. The first-order valence-corrected chi connectivity index (χ1v) is 13.4. The average molecular weight is 555 g/mol. The maximum Gasteiger partial charge on any atom is 0.478 e. The number of phosphoric acid groups is 1. The van der Waals surface area contributed by atoms with E-state index in [4.69, 9.17) is 18.3 Å². The highest BCUT2D eigenvalue weighted by molar-refractivity contribution is 8.13. The Morgan fingerprint density at radius 3 is 2.47 bits per heavy atom. The van der Waals surface area contributed by atoms with Crippen LogP contribution in [0.5, 0.6) is 0 Å². The van der Waals surface area contributed by atoms with Crippen LogP contribution in [0.15, 0.2) is 12.3 Å². The Bertz CT molecular complexity index is 888. The monoisotopic (exact) mass is 554 g/mol. The molecule has 0 aromatic carbocycles. The minimum absolute atomic E-state index is 0.0427. The summed E-state index contributed by atoms with van der Waals surface area (Å²) in [5.74, 6) is -2.00. The SMILES string of the molecule is C=C(NCCC(=O)OC)[C@@H]1OP(=O)(OCOC(=O)N[C@@H](CSC(=O)C(C)(C)C)C(=O)O)OCC1(C)C. The number of phosphoric ester groups is 1. The predicted octanol–water partition coefficient (Wildman–Crippen LogP) is 2.66. The molecule has 0 aliphatic carbocycles. The topological polar surface area (TPSA) is 176 Å². The molecule has 36 heavy (non-hydrogen) atoms. The van der Waals surface area contributed by atoms with Gasteiger partial charge in [-0.15, -0.1) is 0 Å². The van der Waals surface area contributed by atoms with Crippen molar-refractivity contribution in [3.05, 3.63) is 12.3 Å². The molecule has 3 atom stereocenters. The van der Waals surface area contributed by atoms with Gasteiger partial charge < -0.3 is 25.2 Å². The summed E-state index contributed by atoms with van der Waals surface area (Å²) in [6.07, 6.45) is -1.92. The number of carbonyl (C=O) groups is 4. The predicted molar refractivity (Wildman–Crippen MR) is 130 cm³/mol. The van der Waals surface area contributed by atoms with Gasteiger partial charge in [0.05, 0.1) is 20.1 Å². The first-order chi connectivity index (χ1) is 16.5. The van der Waals surface area contributed by atoms with Gasteiger partial charge in [0.1, 0.15) is 12.1 Å². The molecule has 0 aromatic rings. The van der Waals surface area contributed by atoms with Gasteiger partial charge in [0.2, 0.25) is 6.79 Å². The number of hydrogen-bond donors (Lipinski definition) is 3. The van der Waals surface area contributed by atoms with E-state index in [9.17, 15) is 28.8 Å². The zero-order chi connectivity index (χ0) is 27.7. The summed E-state index contributed by atoms with van der Waals surface area (Å²) >= 11 is 0.773. The number of nitrogens with one attached hydrogen (secondary N) is 2. The fourth-order valence-corrected chi connectivity index (χ4v) is 5.14. The Morgan fingerprint density at radius 1 is 1.28 bits per heavy atom. The zero-order valence-electron chi connectivity index (χ0n) is 21.3. The van der Waals surface area contributed by atoms with Crippen LogP contribution in [-0.4, -0.2) is 73.2 Å². The lowest BCUT2D eigenvalue weighted by Gasteiger charge is -2.41. The summed E-state index contributed by atoms with van der Waals surface area (Å²) in [7, 11) is -2.91. The first kappa shape index (κ1) is 31.9. The van der Waals surface area contributed by atoms with E-state index < -0.39 is 55.6 Å². The van der Waals surface area contributed by atoms with Crippen molar-refractivity contribution in [1.29, 1.82) is 0 Å². The second-order valence-corrected chi connectivity index (χ2v) is 12.1. The van der Waals surface area contributed by atoms with Crippen LogP contribution in [-0.2, 0) is 42.0 Å². The largest absolute Gasteiger partial charge is 0.480 e. The minimum Gasteiger partial charge on any atom is -0.480 e. The lowest BCUT2D eigenvalue weighted by molar-refractivity contribution is -0.140. The highest BCUT2D eigenvalue weighted by Crippen LogP contribution is 2.57. The number of carbonyl (C=O) groups excluding carboxylic acids is 3. The fraction of sp³-hybridized carbons (Fsp3) is 0.714. The number of aliphatic carboxylic acids is 1. The number of esters is 1. The molecule has 1 aliphatic heterocycles. The lowest BCUT2D eigenvalue weighted by atomic mass is 9.86. The summed E-state index contributed by atoms with van der Waals surface area (Å²) in [6.45, 7) is 11.8. The van der Waals surface area contributed by atoms with Crippen molar-refractivity contribution in [2.75, 3.05) is 32.8 Å². The summed E-state index contributed by atoms with van der Waals surface area (Å²) in [5, 5.41) is 14.1. The Kier molecular flexibility index (Phi) is 11.9. The van der Waals surface area contributed by atoms with Gasteiger partial charge in [-0.25, -0.2) is 18.7 Å². The molecular formula is C21H35N2O11PS. The van der Waals surface area contributed by atoms with E-state index in [2.05, 4.69) is 21.9 Å². The van der Waals surface area contributed by atoms with Crippen molar-refractivity contribution in [3.63, 3.8) is 0 Å². The quantitative estimate of drug-likeness (QED) is 0.182. The number of alkyl carbamates (subject to hydrolysis) is 1. The Morgan fingerprint density at radius 2 is 1.92 bits per heavy atom. The fourth-order valence-electron chi connectivity index (χ4n) is 2.62. The molecule has 1 rings (SSSR count). The molecule has 206 valence electrons. The molecule has 1 unspecified atom stereocenters. The van der Waals surface area contributed by atoms with Gasteiger partial charge in [-0.2, -0.15) is 0 Å². The van der Waals surface area contributed by atoms with Crippen LogP contribution in [0.1, 0.15) is 41.0 Å². The van der Waals surface area contributed by atoms with Crippen LogP contribution in [0.2, 0.25) is 0 Å². The molecule has 1 saturated heterocycles. The standard InChI is InChI=1S/C21H35N2O11PS/c1-13(22-9-8-15(24)30-7)16-21(5,6)11-32-35(29,34-16)33-12-31-19(28)23-14(17(25)26)10-36-18(27)20(2,3)4/h14,16,22H,1,8-12H2,2-7H3,(H,23,28)(H,25,26)/t14-,16-,35?/m0/s1. The zero-order valence-corrected chi connectivity index (χ0v) is 23.0. The molecular weight excluding hydrogens is 519 g/mol. The van der Waals surface area contributed by atoms with E-state index in [-0.39, 0.29) is 30.4 Å². The first-order valence-electron chi connectivity index (χ1n) is 10.9. The third-order valence-corrected chi connectivity index (χ3v) is 7.46. The number of amides is 1. The number of thioether (sulfide) groups is 1. The summed E-state index contributed by atoms with van der Waals surface area (Å²) in [4.78, 5) is 46.7. The molecule has 13 nitrogen and oxygen atoms in total. The molecule has 3 N–H and O–H groups in total. The maximum absolute atomic E-state index is 12.9. The van der Waals surface area contributed by atoms with Crippen LogP contribution >= 0.6 is 19.6 Å². The molecule has 1 amide bonds. The van der Waals surface area contributed by atoms with Gasteiger partial charge in [0, 0.05) is 28.8 Å². The maximum atomic E-state index is 12.9. The summed E-state index contributed by atoms with van der Waals surface area (Å²) in [5.41, 5.74) is -1.01. The van der Waals surface area contributed by atoms with Crippen molar-refractivity contribution < 1.29 is 51.9 Å². The molecule has 0 saturated carbocycles. The molecule has 1 heterocycles. The van der Waals surface area contributed by atoms with Crippen molar-refractivity contribution in [2.24, 2.45) is 10.8 Å². The van der Waals surface area contributed by atoms with E-state index in [1.165, 1.54) is 7.11 Å². The van der Waals surface area contributed by atoms with Gasteiger partial charge in [0.15, 0.2) is 5.12 Å². The van der Waals surface area contributed by atoms with Crippen molar-refractivity contribution in [1.82, 2.24) is 10.6 Å². The minimum atomic E-state index is -4.18. The Balaban J connectivity index is 2.61.